The maximum atomic E-state index is 5.98. The summed E-state index contributed by atoms with van der Waals surface area (Å²) in [7, 11) is 1.86. The Balaban J connectivity index is 2.52. The van der Waals surface area contributed by atoms with Crippen LogP contribution >= 0.6 is 11.6 Å². The van der Waals surface area contributed by atoms with Gasteiger partial charge in [0.1, 0.15) is 5.82 Å². The molecule has 0 radical (unpaired) electrons. The third-order valence-corrected chi connectivity index (χ3v) is 3.05. The summed E-state index contributed by atoms with van der Waals surface area (Å²) in [6.07, 6.45) is 3.30. The van der Waals surface area contributed by atoms with Gasteiger partial charge in [-0.2, -0.15) is 0 Å². The number of nitrogen functional groups attached to an aromatic ring is 1. The fraction of sp³-hybridized carbons (Fsp3) is 0.231. The van der Waals surface area contributed by atoms with E-state index in [0.717, 1.165) is 16.8 Å². The lowest BCUT2D eigenvalue weighted by molar-refractivity contribution is 0.665. The molecule has 0 aliphatic carbocycles. The van der Waals surface area contributed by atoms with Crippen molar-refractivity contribution in [3.05, 3.63) is 52.4 Å². The molecule has 5 heteroatoms. The van der Waals surface area contributed by atoms with E-state index in [1.54, 1.807) is 12.4 Å². The summed E-state index contributed by atoms with van der Waals surface area (Å²) >= 11 is 5.98. The summed E-state index contributed by atoms with van der Waals surface area (Å²) in [5.41, 5.74) is 8.78. The first kappa shape index (κ1) is 12.8. The molecule has 0 aromatic carbocycles. The van der Waals surface area contributed by atoms with Crippen LogP contribution in [0.15, 0.2) is 30.6 Å². The van der Waals surface area contributed by atoms with Crippen molar-refractivity contribution in [1.29, 1.82) is 0 Å². The molecule has 0 aliphatic rings. The fourth-order valence-electron chi connectivity index (χ4n) is 1.94. The Labute approximate surface area is 111 Å². The molecule has 0 amide bonds. The van der Waals surface area contributed by atoms with Crippen LogP contribution in [0, 0.1) is 6.92 Å². The van der Waals surface area contributed by atoms with Gasteiger partial charge >= 0.3 is 0 Å². The zero-order valence-corrected chi connectivity index (χ0v) is 11.1. The van der Waals surface area contributed by atoms with Crippen molar-refractivity contribution >= 4 is 17.4 Å². The lowest BCUT2D eigenvalue weighted by Crippen LogP contribution is -2.21. The Bertz CT molecular complexity index is 556. The van der Waals surface area contributed by atoms with E-state index < -0.39 is 0 Å². The predicted octanol–water partition coefficient (Wildman–Crippen LogP) is 2.33. The van der Waals surface area contributed by atoms with Crippen LogP contribution < -0.4 is 11.1 Å². The van der Waals surface area contributed by atoms with Gasteiger partial charge in [0.2, 0.25) is 0 Å². The molecule has 0 spiro atoms. The Morgan fingerprint density at radius 1 is 1.39 bits per heavy atom. The second-order valence-electron chi connectivity index (χ2n) is 4.06. The molecule has 3 N–H and O–H groups in total. The van der Waals surface area contributed by atoms with Gasteiger partial charge in [0.25, 0.3) is 0 Å². The van der Waals surface area contributed by atoms with E-state index in [-0.39, 0.29) is 6.04 Å². The van der Waals surface area contributed by atoms with Crippen LogP contribution in [0.1, 0.15) is 22.9 Å². The quantitative estimate of drug-likeness (QED) is 0.891. The molecule has 0 bridgehead atoms. The number of nitrogens with two attached hydrogens (primary N) is 1. The minimum absolute atomic E-state index is 0.114. The van der Waals surface area contributed by atoms with E-state index in [0.29, 0.717) is 10.8 Å². The minimum Gasteiger partial charge on any atom is -0.383 e. The number of nitrogens with zero attached hydrogens (tertiary/aromatic N) is 2. The topological polar surface area (TPSA) is 63.8 Å². The second-order valence-corrected chi connectivity index (χ2v) is 4.49. The number of hydrogen-bond acceptors (Lipinski definition) is 4. The molecule has 1 unspecified atom stereocenters. The molecular weight excluding hydrogens is 248 g/mol. The van der Waals surface area contributed by atoms with Crippen LogP contribution in [-0.2, 0) is 0 Å². The number of nitrogens with one attached hydrogen (secondary N) is 1. The van der Waals surface area contributed by atoms with Gasteiger partial charge < -0.3 is 11.1 Å². The molecule has 0 saturated heterocycles. The zero-order chi connectivity index (χ0) is 13.1. The highest BCUT2D eigenvalue weighted by Gasteiger charge is 2.18. The van der Waals surface area contributed by atoms with Crippen LogP contribution in [0.2, 0.25) is 5.02 Å². The molecule has 2 heterocycles. The first-order valence-corrected chi connectivity index (χ1v) is 6.01. The summed E-state index contributed by atoms with van der Waals surface area (Å²) in [5.74, 6) is 0.462. The van der Waals surface area contributed by atoms with Gasteiger partial charge in [0, 0.05) is 18.0 Å². The minimum atomic E-state index is -0.114. The van der Waals surface area contributed by atoms with E-state index in [1.165, 1.54) is 0 Å². The Hall–Kier alpha value is -1.65. The van der Waals surface area contributed by atoms with Gasteiger partial charge in [-0.25, -0.2) is 4.98 Å². The van der Waals surface area contributed by atoms with Crippen molar-refractivity contribution in [3.63, 3.8) is 0 Å². The lowest BCUT2D eigenvalue weighted by Gasteiger charge is -2.19. The third kappa shape index (κ3) is 2.44. The summed E-state index contributed by atoms with van der Waals surface area (Å²) in [5, 5.41) is 3.77. The van der Waals surface area contributed by atoms with Crippen molar-refractivity contribution in [2.75, 3.05) is 12.8 Å². The maximum absolute atomic E-state index is 5.98. The fourth-order valence-corrected chi connectivity index (χ4v) is 2.10. The highest BCUT2D eigenvalue weighted by atomic mass is 35.5. The van der Waals surface area contributed by atoms with Gasteiger partial charge in [0.05, 0.1) is 16.8 Å². The first-order chi connectivity index (χ1) is 8.63. The van der Waals surface area contributed by atoms with Gasteiger partial charge in [-0.1, -0.05) is 17.7 Å². The number of pyridine rings is 2. The van der Waals surface area contributed by atoms with E-state index in [4.69, 9.17) is 17.3 Å². The molecule has 0 aliphatic heterocycles. The molecule has 2 aromatic rings. The normalized spacial score (nSPS) is 12.4. The summed E-state index contributed by atoms with van der Waals surface area (Å²) in [6, 6.07) is 5.63. The number of anilines is 1. The van der Waals surface area contributed by atoms with Gasteiger partial charge in [-0.15, -0.1) is 0 Å². The number of halogens is 1. The van der Waals surface area contributed by atoms with Gasteiger partial charge in [0.15, 0.2) is 0 Å². The van der Waals surface area contributed by atoms with Crippen molar-refractivity contribution in [2.24, 2.45) is 0 Å². The van der Waals surface area contributed by atoms with Gasteiger partial charge in [-0.3, -0.25) is 4.98 Å². The molecule has 0 saturated carbocycles. The molecule has 4 nitrogen and oxygen atoms in total. The standard InChI is InChI=1S/C13H15ClN4/c1-8-4-3-5-17-11(8)12(16-2)10-6-9(14)7-18-13(10)15/h3-7,12,16H,1-2H3,(H2,15,18). The number of hydrogen-bond donors (Lipinski definition) is 2. The average Bonchev–Trinajstić information content (AvgIpc) is 2.36. The van der Waals surface area contributed by atoms with Crippen molar-refractivity contribution < 1.29 is 0 Å². The molecule has 0 fully saturated rings. The average molecular weight is 263 g/mol. The van der Waals surface area contributed by atoms with E-state index in [9.17, 15) is 0 Å². The zero-order valence-electron chi connectivity index (χ0n) is 10.3. The summed E-state index contributed by atoms with van der Waals surface area (Å²) in [6.45, 7) is 2.01. The number of rotatable bonds is 3. The first-order valence-electron chi connectivity index (χ1n) is 5.63. The molecule has 2 rings (SSSR count). The van der Waals surface area contributed by atoms with Crippen LogP contribution in [0.3, 0.4) is 0 Å². The Morgan fingerprint density at radius 2 is 2.17 bits per heavy atom. The maximum Gasteiger partial charge on any atom is 0.128 e. The van der Waals surface area contributed by atoms with E-state index >= 15 is 0 Å². The number of aryl methyl sites for hydroxylation is 1. The van der Waals surface area contributed by atoms with E-state index in [1.807, 2.05) is 32.2 Å². The second kappa shape index (κ2) is 5.33. The molecule has 18 heavy (non-hydrogen) atoms. The van der Waals surface area contributed by atoms with Gasteiger partial charge in [-0.05, 0) is 31.7 Å². The SMILES string of the molecule is CNC(c1cc(Cl)cnc1N)c1ncccc1C. The van der Waals surface area contributed by atoms with Crippen LogP contribution in [-0.4, -0.2) is 17.0 Å². The molecule has 94 valence electrons. The molecular formula is C13H15ClN4. The Kier molecular flexibility index (Phi) is 3.79. The largest absolute Gasteiger partial charge is 0.383 e. The highest BCUT2D eigenvalue weighted by Crippen LogP contribution is 2.27. The molecule has 2 aromatic heterocycles. The smallest absolute Gasteiger partial charge is 0.128 e. The molecule has 1 atom stereocenters. The van der Waals surface area contributed by atoms with E-state index in [2.05, 4.69) is 15.3 Å². The van der Waals surface area contributed by atoms with Crippen LogP contribution in [0.25, 0.3) is 0 Å². The van der Waals surface area contributed by atoms with Crippen LogP contribution in [0.5, 0.6) is 0 Å². The summed E-state index contributed by atoms with van der Waals surface area (Å²) in [4.78, 5) is 8.49. The third-order valence-electron chi connectivity index (χ3n) is 2.84. The number of aromatic nitrogens is 2. The summed E-state index contributed by atoms with van der Waals surface area (Å²) < 4.78 is 0. The van der Waals surface area contributed by atoms with Crippen molar-refractivity contribution in [1.82, 2.24) is 15.3 Å². The highest BCUT2D eigenvalue weighted by molar-refractivity contribution is 6.30. The lowest BCUT2D eigenvalue weighted by atomic mass is 10.0. The Morgan fingerprint density at radius 3 is 2.83 bits per heavy atom. The predicted molar refractivity (Wildman–Crippen MR) is 73.5 cm³/mol. The van der Waals surface area contributed by atoms with Crippen molar-refractivity contribution in [2.45, 2.75) is 13.0 Å². The van der Waals surface area contributed by atoms with Crippen LogP contribution in [0.4, 0.5) is 5.82 Å². The monoisotopic (exact) mass is 262 g/mol. The van der Waals surface area contributed by atoms with Crippen molar-refractivity contribution in [3.8, 4) is 0 Å².